The van der Waals surface area contributed by atoms with Crippen LogP contribution in [0.5, 0.6) is 5.88 Å². The van der Waals surface area contributed by atoms with E-state index in [9.17, 15) is 5.11 Å². The van der Waals surface area contributed by atoms with Crippen molar-refractivity contribution >= 4 is 26.8 Å². The van der Waals surface area contributed by atoms with Crippen LogP contribution in [0.2, 0.25) is 0 Å². The van der Waals surface area contributed by atoms with Crippen LogP contribution in [-0.4, -0.2) is 72.4 Å². The number of likely N-dealkylation sites (N-methyl/N-ethyl adjacent to an activating group) is 1. The number of benzene rings is 3. The lowest BCUT2D eigenvalue weighted by molar-refractivity contribution is 0.00310. The lowest BCUT2D eigenvalue weighted by Gasteiger charge is -2.38. The van der Waals surface area contributed by atoms with Gasteiger partial charge in [0.2, 0.25) is 5.88 Å². The highest BCUT2D eigenvalue weighted by molar-refractivity contribution is 9.10. The molecule has 1 fully saturated rings. The van der Waals surface area contributed by atoms with Crippen LogP contribution < -0.4 is 4.74 Å². The molecule has 1 N–H and O–H groups in total. The Hall–Kier alpha value is -2.77. The van der Waals surface area contributed by atoms with Crippen molar-refractivity contribution in [3.63, 3.8) is 0 Å². The number of hydrogen-bond acceptors (Lipinski definition) is 5. The third-order valence-electron chi connectivity index (χ3n) is 8.56. The van der Waals surface area contributed by atoms with Gasteiger partial charge in [0.25, 0.3) is 0 Å². The molecule has 0 bridgehead atoms. The summed E-state index contributed by atoms with van der Waals surface area (Å²) in [5.74, 6) is 0.283. The predicted molar refractivity (Wildman–Crippen MR) is 172 cm³/mol. The number of ether oxygens (including phenoxy) is 1. The average Bonchev–Trinajstić information content (AvgIpc) is 3.00. The lowest BCUT2D eigenvalue weighted by atomic mass is 9.72. The first kappa shape index (κ1) is 29.7. The van der Waals surface area contributed by atoms with Crippen molar-refractivity contribution in [1.82, 2.24) is 14.8 Å². The van der Waals surface area contributed by atoms with Crippen LogP contribution in [0.1, 0.15) is 48.3 Å². The molecule has 1 aliphatic heterocycles. The number of fused-ring (bicyclic) bond motifs is 1. The minimum atomic E-state index is -0.992. The maximum Gasteiger partial charge on any atom is 0.217 e. The molecule has 3 aromatic carbocycles. The summed E-state index contributed by atoms with van der Waals surface area (Å²) in [6.45, 7) is 5.57. The fraction of sp³-hybridized carbons (Fsp3) is 0.400. The van der Waals surface area contributed by atoms with Crippen molar-refractivity contribution in [3.8, 4) is 5.88 Å². The lowest BCUT2D eigenvalue weighted by Crippen LogP contribution is -2.44. The van der Waals surface area contributed by atoms with Crippen molar-refractivity contribution < 1.29 is 9.84 Å². The molecule has 4 aromatic rings. The molecule has 5 nitrogen and oxygen atoms in total. The van der Waals surface area contributed by atoms with Crippen molar-refractivity contribution in [2.75, 3.05) is 46.9 Å². The number of methoxy groups -OCH3 is 1. The van der Waals surface area contributed by atoms with Crippen molar-refractivity contribution in [3.05, 3.63) is 106 Å². The van der Waals surface area contributed by atoms with Crippen molar-refractivity contribution in [2.24, 2.45) is 0 Å². The van der Waals surface area contributed by atoms with Gasteiger partial charge < -0.3 is 19.6 Å². The summed E-state index contributed by atoms with van der Waals surface area (Å²) in [5, 5.41) is 13.9. The van der Waals surface area contributed by atoms with Crippen molar-refractivity contribution in [1.29, 1.82) is 0 Å². The molecule has 5 rings (SSSR count). The van der Waals surface area contributed by atoms with Gasteiger partial charge in [-0.3, -0.25) is 0 Å². The summed E-state index contributed by atoms with van der Waals surface area (Å²) in [6.07, 6.45) is 4.17. The van der Waals surface area contributed by atoms with E-state index in [0.29, 0.717) is 18.7 Å². The molecule has 0 aliphatic carbocycles. The van der Waals surface area contributed by atoms with E-state index in [-0.39, 0.29) is 5.92 Å². The molecule has 2 heterocycles. The zero-order chi connectivity index (χ0) is 28.7. The summed E-state index contributed by atoms with van der Waals surface area (Å²) < 4.78 is 6.92. The van der Waals surface area contributed by atoms with Crippen LogP contribution in [-0.2, 0) is 6.42 Å². The van der Waals surface area contributed by atoms with Crippen LogP contribution >= 0.6 is 15.9 Å². The molecule has 0 amide bonds. The van der Waals surface area contributed by atoms with Crippen LogP contribution in [0.25, 0.3) is 10.9 Å². The molecule has 1 saturated heterocycles. The Morgan fingerprint density at radius 2 is 1.61 bits per heavy atom. The first-order chi connectivity index (χ1) is 19.9. The molecule has 0 radical (unpaired) electrons. The highest BCUT2D eigenvalue weighted by Gasteiger charge is 2.40. The average molecular weight is 617 g/mol. The number of nitrogens with zero attached hydrogens (tertiary/aromatic N) is 3. The van der Waals surface area contributed by atoms with E-state index in [2.05, 4.69) is 93.4 Å². The Bertz CT molecular complexity index is 1390. The Kier molecular flexibility index (Phi) is 10.1. The number of aliphatic hydroxyl groups is 1. The van der Waals surface area contributed by atoms with Gasteiger partial charge in [-0.1, -0.05) is 76.6 Å². The standard InChI is InChI=1S/C35H42BrN3O2/c1-38-21-23-39(24-22-38)20-10-9-18-35(40,19-17-27-11-5-3-6-12-27)33(28-13-7-4-8-14-28)31-26-29-25-30(36)15-16-32(29)37-34(31)41-2/h3-8,11-16,25-26,33,40H,9-10,17-24H2,1-2H3/t33-,35-/m0/s1. The number of aromatic nitrogens is 1. The monoisotopic (exact) mass is 615 g/mol. The first-order valence-corrected chi connectivity index (χ1v) is 15.6. The first-order valence-electron chi connectivity index (χ1n) is 14.8. The molecule has 41 heavy (non-hydrogen) atoms. The smallest absolute Gasteiger partial charge is 0.217 e. The molecule has 0 unspecified atom stereocenters. The Balaban J connectivity index is 1.50. The van der Waals surface area contributed by atoms with Gasteiger partial charge in [-0.2, -0.15) is 0 Å². The van der Waals surface area contributed by atoms with Gasteiger partial charge in [0, 0.05) is 47.5 Å². The van der Waals surface area contributed by atoms with E-state index in [1.165, 1.54) is 5.56 Å². The molecule has 6 heteroatoms. The fourth-order valence-electron chi connectivity index (χ4n) is 6.20. The van der Waals surface area contributed by atoms with E-state index >= 15 is 0 Å². The van der Waals surface area contributed by atoms with Gasteiger partial charge in [-0.05, 0) is 81.1 Å². The second-order valence-corrected chi connectivity index (χ2v) is 12.4. The number of rotatable bonds is 12. The molecule has 0 saturated carbocycles. The molecular formula is C35H42BrN3O2. The predicted octanol–water partition coefficient (Wildman–Crippen LogP) is 6.92. The Morgan fingerprint density at radius 3 is 2.32 bits per heavy atom. The second-order valence-electron chi connectivity index (χ2n) is 11.5. The number of halogens is 1. The highest BCUT2D eigenvalue weighted by Crippen LogP contribution is 2.45. The molecule has 0 spiro atoms. The third kappa shape index (κ3) is 7.55. The quantitative estimate of drug-likeness (QED) is 0.175. The van der Waals surface area contributed by atoms with Crippen LogP contribution in [0.3, 0.4) is 0 Å². The Morgan fingerprint density at radius 1 is 0.902 bits per heavy atom. The van der Waals surface area contributed by atoms with Crippen LogP contribution in [0.4, 0.5) is 0 Å². The summed E-state index contributed by atoms with van der Waals surface area (Å²) in [5.41, 5.74) is 3.13. The van der Waals surface area contributed by atoms with Crippen molar-refractivity contribution in [2.45, 2.75) is 43.6 Å². The molecule has 1 aliphatic rings. The Labute approximate surface area is 253 Å². The van der Waals surface area contributed by atoms with Crippen LogP contribution in [0, 0.1) is 0 Å². The molecule has 216 valence electrons. The topological polar surface area (TPSA) is 48.8 Å². The second kappa shape index (κ2) is 13.9. The van der Waals surface area contributed by atoms with E-state index in [1.54, 1.807) is 7.11 Å². The summed E-state index contributed by atoms with van der Waals surface area (Å²) in [7, 11) is 3.88. The van der Waals surface area contributed by atoms with E-state index in [1.807, 2.05) is 24.3 Å². The van der Waals surface area contributed by atoms with Gasteiger partial charge in [0.1, 0.15) is 0 Å². The molecule has 2 atom stereocenters. The summed E-state index contributed by atoms with van der Waals surface area (Å²) in [6, 6.07) is 29.2. The maximum atomic E-state index is 12.8. The number of unbranched alkanes of at least 4 members (excludes halogenated alkanes) is 1. The minimum Gasteiger partial charge on any atom is -0.481 e. The van der Waals surface area contributed by atoms with Gasteiger partial charge in [-0.15, -0.1) is 0 Å². The van der Waals surface area contributed by atoms with Gasteiger partial charge in [0.15, 0.2) is 0 Å². The maximum absolute atomic E-state index is 12.8. The van der Waals surface area contributed by atoms with Gasteiger partial charge >= 0.3 is 0 Å². The minimum absolute atomic E-state index is 0.290. The molecule has 1 aromatic heterocycles. The fourth-order valence-corrected chi connectivity index (χ4v) is 6.58. The molecular weight excluding hydrogens is 574 g/mol. The highest BCUT2D eigenvalue weighted by atomic mass is 79.9. The number of pyridine rings is 1. The third-order valence-corrected chi connectivity index (χ3v) is 9.06. The number of piperazine rings is 1. The summed E-state index contributed by atoms with van der Waals surface area (Å²) >= 11 is 3.63. The zero-order valence-corrected chi connectivity index (χ0v) is 25.9. The summed E-state index contributed by atoms with van der Waals surface area (Å²) in [4.78, 5) is 9.87. The largest absolute Gasteiger partial charge is 0.481 e. The zero-order valence-electron chi connectivity index (χ0n) is 24.3. The van der Waals surface area contributed by atoms with Gasteiger partial charge in [-0.25, -0.2) is 4.98 Å². The number of aryl methyl sites for hydroxylation is 1. The van der Waals surface area contributed by atoms with E-state index in [0.717, 1.165) is 78.5 Å². The van der Waals surface area contributed by atoms with Gasteiger partial charge in [0.05, 0.1) is 18.2 Å². The van der Waals surface area contributed by atoms with Crippen LogP contribution in [0.15, 0.2) is 89.4 Å². The number of hydrogen-bond donors (Lipinski definition) is 1. The van der Waals surface area contributed by atoms with E-state index in [4.69, 9.17) is 9.72 Å². The SMILES string of the molecule is COc1nc2ccc(Br)cc2cc1[C@H](c1ccccc1)[C@](O)(CCCCN1CCN(C)CC1)CCc1ccccc1. The normalized spacial score (nSPS) is 16.9. The van der Waals surface area contributed by atoms with E-state index < -0.39 is 5.60 Å².